The zero-order chi connectivity index (χ0) is 17.1. The van der Waals surface area contributed by atoms with E-state index < -0.39 is 5.91 Å². The molecule has 3 rings (SSSR count). The van der Waals surface area contributed by atoms with E-state index in [0.29, 0.717) is 11.6 Å². The molecule has 5 nitrogen and oxygen atoms in total. The quantitative estimate of drug-likeness (QED) is 0.826. The molecule has 128 valence electrons. The predicted octanol–water partition coefficient (Wildman–Crippen LogP) is 2.00. The molecule has 1 aromatic rings. The molecule has 2 amide bonds. The molecule has 1 aliphatic heterocycles. The number of nitrogens with zero attached hydrogens (tertiary/aromatic N) is 1. The van der Waals surface area contributed by atoms with E-state index in [1.54, 1.807) is 0 Å². The molecule has 0 saturated carbocycles. The molecule has 6 heteroatoms. The average Bonchev–Trinajstić information content (AvgIpc) is 2.85. The molecule has 1 atom stereocenters. The Kier molecular flexibility index (Phi) is 5.21. The molecule has 24 heavy (non-hydrogen) atoms. The number of benzene rings is 1. The van der Waals surface area contributed by atoms with Gasteiger partial charge in [0.25, 0.3) is 5.91 Å². The fourth-order valence-corrected chi connectivity index (χ4v) is 3.64. The second-order valence-electron chi connectivity index (χ2n) is 6.34. The zero-order valence-electron chi connectivity index (χ0n) is 13.6. The van der Waals surface area contributed by atoms with Crippen molar-refractivity contribution in [1.82, 2.24) is 10.2 Å². The highest BCUT2D eigenvalue weighted by molar-refractivity contribution is 6.30. The number of amides is 2. The van der Waals surface area contributed by atoms with Crippen LogP contribution in [0.15, 0.2) is 35.4 Å². The van der Waals surface area contributed by atoms with E-state index in [2.05, 4.69) is 5.32 Å². The van der Waals surface area contributed by atoms with Crippen LogP contribution < -0.4 is 11.1 Å². The fourth-order valence-electron chi connectivity index (χ4n) is 3.52. The SMILES string of the molecule is NC(=O)CNC1C2=C(CCCC2)C(=O)N1CCc1ccc(Cl)cc1. The van der Waals surface area contributed by atoms with Crippen molar-refractivity contribution in [2.75, 3.05) is 13.1 Å². The Labute approximate surface area is 146 Å². The molecule has 2 aliphatic rings. The lowest BCUT2D eigenvalue weighted by Gasteiger charge is -2.28. The first-order chi connectivity index (χ1) is 11.6. The van der Waals surface area contributed by atoms with Crippen molar-refractivity contribution in [1.29, 1.82) is 0 Å². The largest absolute Gasteiger partial charge is 0.369 e. The maximum Gasteiger partial charge on any atom is 0.251 e. The molecule has 1 aliphatic carbocycles. The molecule has 0 radical (unpaired) electrons. The highest BCUT2D eigenvalue weighted by Gasteiger charge is 2.39. The van der Waals surface area contributed by atoms with Crippen LogP contribution in [0, 0.1) is 0 Å². The number of hydrogen-bond acceptors (Lipinski definition) is 3. The molecule has 0 saturated heterocycles. The maximum absolute atomic E-state index is 12.8. The topological polar surface area (TPSA) is 75.4 Å². The second kappa shape index (κ2) is 7.36. The lowest BCUT2D eigenvalue weighted by molar-refractivity contribution is -0.128. The molecular formula is C18H22ClN3O2. The van der Waals surface area contributed by atoms with Crippen molar-refractivity contribution in [3.05, 3.63) is 46.0 Å². The number of nitrogens with one attached hydrogen (secondary N) is 1. The van der Waals surface area contributed by atoms with E-state index in [1.807, 2.05) is 29.2 Å². The minimum absolute atomic E-state index is 0.0756. The Morgan fingerprint density at radius 2 is 1.96 bits per heavy atom. The first kappa shape index (κ1) is 17.0. The number of primary amides is 1. The minimum atomic E-state index is -0.412. The summed E-state index contributed by atoms with van der Waals surface area (Å²) in [5, 5.41) is 3.86. The summed E-state index contributed by atoms with van der Waals surface area (Å²) in [6.07, 6.45) is 4.44. The van der Waals surface area contributed by atoms with Gasteiger partial charge in [-0.05, 0) is 55.4 Å². The molecule has 1 aromatic carbocycles. The number of rotatable bonds is 6. The Bertz CT molecular complexity index is 669. The van der Waals surface area contributed by atoms with Gasteiger partial charge < -0.3 is 10.6 Å². The summed E-state index contributed by atoms with van der Waals surface area (Å²) in [6.45, 7) is 0.677. The third kappa shape index (κ3) is 3.62. The van der Waals surface area contributed by atoms with E-state index in [0.717, 1.165) is 48.8 Å². The Morgan fingerprint density at radius 1 is 1.25 bits per heavy atom. The highest BCUT2D eigenvalue weighted by Crippen LogP contribution is 2.35. The van der Waals surface area contributed by atoms with Gasteiger partial charge in [-0.2, -0.15) is 0 Å². The van der Waals surface area contributed by atoms with Crippen LogP contribution >= 0.6 is 11.6 Å². The lowest BCUT2D eigenvalue weighted by Crippen LogP contribution is -2.48. The van der Waals surface area contributed by atoms with Crippen LogP contribution in [-0.4, -0.2) is 36.0 Å². The van der Waals surface area contributed by atoms with Gasteiger partial charge in [-0.25, -0.2) is 0 Å². The molecule has 1 unspecified atom stereocenters. The van der Waals surface area contributed by atoms with E-state index in [9.17, 15) is 9.59 Å². The molecule has 0 aromatic heterocycles. The number of hydrogen-bond donors (Lipinski definition) is 2. The summed E-state index contributed by atoms with van der Waals surface area (Å²) < 4.78 is 0. The monoisotopic (exact) mass is 347 g/mol. The number of carbonyl (C=O) groups excluding carboxylic acids is 2. The number of carbonyl (C=O) groups is 2. The normalized spacial score (nSPS) is 20.5. The second-order valence-corrected chi connectivity index (χ2v) is 6.77. The summed E-state index contributed by atoms with van der Waals surface area (Å²) >= 11 is 5.91. The van der Waals surface area contributed by atoms with E-state index in [1.165, 1.54) is 0 Å². The van der Waals surface area contributed by atoms with Crippen LogP contribution in [0.1, 0.15) is 31.2 Å². The molecule has 0 fully saturated rings. The van der Waals surface area contributed by atoms with Gasteiger partial charge in [0, 0.05) is 17.1 Å². The minimum Gasteiger partial charge on any atom is -0.369 e. The zero-order valence-corrected chi connectivity index (χ0v) is 14.3. The predicted molar refractivity (Wildman–Crippen MR) is 93.3 cm³/mol. The summed E-state index contributed by atoms with van der Waals surface area (Å²) in [5.41, 5.74) is 8.47. The smallest absolute Gasteiger partial charge is 0.251 e. The van der Waals surface area contributed by atoms with Crippen LogP contribution in [0.5, 0.6) is 0 Å². The van der Waals surface area contributed by atoms with Gasteiger partial charge in [0.05, 0.1) is 6.54 Å². The van der Waals surface area contributed by atoms with Crippen LogP contribution in [-0.2, 0) is 16.0 Å². The van der Waals surface area contributed by atoms with Crippen LogP contribution in [0.25, 0.3) is 0 Å². The van der Waals surface area contributed by atoms with Gasteiger partial charge in [0.1, 0.15) is 6.17 Å². The molecule has 0 bridgehead atoms. The molecule has 0 spiro atoms. The van der Waals surface area contributed by atoms with Crippen LogP contribution in [0.2, 0.25) is 5.02 Å². The van der Waals surface area contributed by atoms with Crippen molar-refractivity contribution < 1.29 is 9.59 Å². The van der Waals surface area contributed by atoms with Crippen molar-refractivity contribution >= 4 is 23.4 Å². The van der Waals surface area contributed by atoms with Gasteiger partial charge in [0.2, 0.25) is 5.91 Å². The van der Waals surface area contributed by atoms with Gasteiger partial charge >= 0.3 is 0 Å². The average molecular weight is 348 g/mol. The van der Waals surface area contributed by atoms with Gasteiger partial charge in [-0.1, -0.05) is 23.7 Å². The Hall–Kier alpha value is -1.85. The third-order valence-corrected chi connectivity index (χ3v) is 4.95. The summed E-state index contributed by atoms with van der Waals surface area (Å²) in [7, 11) is 0. The Morgan fingerprint density at radius 3 is 2.67 bits per heavy atom. The van der Waals surface area contributed by atoms with E-state index in [-0.39, 0.29) is 18.6 Å². The summed E-state index contributed by atoms with van der Waals surface area (Å²) in [6, 6.07) is 7.66. The van der Waals surface area contributed by atoms with Crippen molar-refractivity contribution in [2.45, 2.75) is 38.3 Å². The maximum atomic E-state index is 12.8. The van der Waals surface area contributed by atoms with E-state index >= 15 is 0 Å². The third-order valence-electron chi connectivity index (χ3n) is 4.70. The van der Waals surface area contributed by atoms with Gasteiger partial charge in [0.15, 0.2) is 0 Å². The number of halogens is 1. The molecule has 3 N–H and O–H groups in total. The molecular weight excluding hydrogens is 326 g/mol. The van der Waals surface area contributed by atoms with Gasteiger partial charge in [-0.3, -0.25) is 14.9 Å². The van der Waals surface area contributed by atoms with E-state index in [4.69, 9.17) is 17.3 Å². The van der Waals surface area contributed by atoms with Crippen molar-refractivity contribution in [3.8, 4) is 0 Å². The van der Waals surface area contributed by atoms with Crippen LogP contribution in [0.4, 0.5) is 0 Å². The highest BCUT2D eigenvalue weighted by atomic mass is 35.5. The first-order valence-electron chi connectivity index (χ1n) is 8.35. The number of nitrogens with two attached hydrogens (primary N) is 1. The molecule has 1 heterocycles. The first-order valence-corrected chi connectivity index (χ1v) is 8.73. The fraction of sp³-hybridized carbons (Fsp3) is 0.444. The Balaban J connectivity index is 1.73. The van der Waals surface area contributed by atoms with Crippen molar-refractivity contribution in [3.63, 3.8) is 0 Å². The lowest BCUT2D eigenvalue weighted by atomic mass is 9.92. The van der Waals surface area contributed by atoms with Crippen LogP contribution in [0.3, 0.4) is 0 Å². The van der Waals surface area contributed by atoms with Gasteiger partial charge in [-0.15, -0.1) is 0 Å². The summed E-state index contributed by atoms with van der Waals surface area (Å²) in [4.78, 5) is 25.7. The van der Waals surface area contributed by atoms with Crippen molar-refractivity contribution in [2.24, 2.45) is 5.73 Å². The standard InChI is InChI=1S/C18H22ClN3O2/c19-13-7-5-12(6-8-13)9-10-22-17(21-11-16(20)23)14-3-1-2-4-15(14)18(22)24/h5-8,17,21H,1-4,9-11H2,(H2,20,23). The summed E-state index contributed by atoms with van der Waals surface area (Å²) in [5.74, 6) is -0.314.